The summed E-state index contributed by atoms with van der Waals surface area (Å²) >= 11 is 0. The molecule has 4 nitrogen and oxygen atoms in total. The van der Waals surface area contributed by atoms with Gasteiger partial charge in [-0.1, -0.05) is 24.3 Å². The van der Waals surface area contributed by atoms with E-state index in [1.165, 1.54) is 0 Å². The fourth-order valence-corrected chi connectivity index (χ4v) is 1.80. The molecule has 0 atom stereocenters. The van der Waals surface area contributed by atoms with Crippen LogP contribution in [0.4, 0.5) is 11.4 Å². The van der Waals surface area contributed by atoms with Crippen LogP contribution < -0.4 is 4.90 Å². The Labute approximate surface area is 93.3 Å². The zero-order valence-corrected chi connectivity index (χ0v) is 9.18. The highest BCUT2D eigenvalue weighted by Gasteiger charge is 2.18. The van der Waals surface area contributed by atoms with Crippen LogP contribution in [0.2, 0.25) is 0 Å². The van der Waals surface area contributed by atoms with Crippen LogP contribution in [-0.2, 0) is 0 Å². The number of fused-ring (bicyclic) bond motifs is 1. The molecule has 0 aromatic heterocycles. The van der Waals surface area contributed by atoms with Crippen molar-refractivity contribution in [2.45, 2.75) is 0 Å². The Kier molecular flexibility index (Phi) is 2.48. The molecule has 0 fully saturated rings. The molecule has 2 aromatic rings. The molecule has 2 rings (SSSR count). The summed E-state index contributed by atoms with van der Waals surface area (Å²) in [4.78, 5) is 12.6. The molecule has 0 amide bonds. The van der Waals surface area contributed by atoms with E-state index in [4.69, 9.17) is 0 Å². The van der Waals surface area contributed by atoms with Gasteiger partial charge in [0.25, 0.3) is 5.69 Å². The third-order valence-corrected chi connectivity index (χ3v) is 2.54. The summed E-state index contributed by atoms with van der Waals surface area (Å²) in [6, 6.07) is 11.0. The number of nitro benzene ring substituents is 1. The van der Waals surface area contributed by atoms with Crippen molar-refractivity contribution in [3.8, 4) is 0 Å². The summed E-state index contributed by atoms with van der Waals surface area (Å²) in [5.41, 5.74) is 0.798. The lowest BCUT2D eigenvalue weighted by molar-refractivity contribution is -0.382. The van der Waals surface area contributed by atoms with Crippen LogP contribution in [0, 0.1) is 10.1 Å². The fraction of sp³-hybridized carbons (Fsp3) is 0.167. The third kappa shape index (κ3) is 1.58. The smallest absolute Gasteiger partial charge is 0.300 e. The number of rotatable bonds is 2. The predicted octanol–water partition coefficient (Wildman–Crippen LogP) is 2.81. The maximum atomic E-state index is 11.1. The quantitative estimate of drug-likeness (QED) is 0.572. The van der Waals surface area contributed by atoms with E-state index >= 15 is 0 Å². The third-order valence-electron chi connectivity index (χ3n) is 2.54. The topological polar surface area (TPSA) is 46.4 Å². The van der Waals surface area contributed by atoms with Crippen molar-refractivity contribution in [3.63, 3.8) is 0 Å². The molecule has 2 aromatic carbocycles. The first-order chi connectivity index (χ1) is 7.61. The summed E-state index contributed by atoms with van der Waals surface area (Å²) in [6.07, 6.45) is 0. The van der Waals surface area contributed by atoms with Crippen molar-refractivity contribution in [1.82, 2.24) is 0 Å². The largest absolute Gasteiger partial charge is 0.372 e. The lowest BCUT2D eigenvalue weighted by atomic mass is 10.1. The van der Waals surface area contributed by atoms with Crippen LogP contribution >= 0.6 is 0 Å². The minimum atomic E-state index is -0.322. The SMILES string of the molecule is CN(C)c1ccc2ccccc2c1[N+](=O)[O-]. The highest BCUT2D eigenvalue weighted by Crippen LogP contribution is 2.34. The van der Waals surface area contributed by atoms with Gasteiger partial charge in [0.2, 0.25) is 0 Å². The van der Waals surface area contributed by atoms with Gasteiger partial charge >= 0.3 is 0 Å². The van der Waals surface area contributed by atoms with E-state index in [0.29, 0.717) is 11.1 Å². The van der Waals surface area contributed by atoms with Crippen molar-refractivity contribution in [2.75, 3.05) is 19.0 Å². The molecular weight excluding hydrogens is 204 g/mol. The molecule has 0 aliphatic rings. The van der Waals surface area contributed by atoms with Gasteiger partial charge in [0.15, 0.2) is 0 Å². The average Bonchev–Trinajstić information content (AvgIpc) is 2.27. The van der Waals surface area contributed by atoms with Crippen LogP contribution in [0.25, 0.3) is 10.8 Å². The molecule has 4 heteroatoms. The van der Waals surface area contributed by atoms with E-state index in [1.54, 1.807) is 31.1 Å². The number of hydrogen-bond acceptors (Lipinski definition) is 3. The molecule has 0 saturated heterocycles. The van der Waals surface area contributed by atoms with Gasteiger partial charge in [-0.2, -0.15) is 0 Å². The number of nitro groups is 1. The molecule has 0 radical (unpaired) electrons. The van der Waals surface area contributed by atoms with Gasteiger partial charge in [-0.05, 0) is 17.5 Å². The Morgan fingerprint density at radius 1 is 1.12 bits per heavy atom. The first-order valence-corrected chi connectivity index (χ1v) is 4.94. The van der Waals surface area contributed by atoms with Crippen molar-refractivity contribution in [1.29, 1.82) is 0 Å². The van der Waals surface area contributed by atoms with E-state index < -0.39 is 0 Å². The number of anilines is 1. The van der Waals surface area contributed by atoms with E-state index in [-0.39, 0.29) is 10.6 Å². The number of benzene rings is 2. The van der Waals surface area contributed by atoms with Gasteiger partial charge in [0.05, 0.1) is 10.3 Å². The van der Waals surface area contributed by atoms with Crippen molar-refractivity contribution < 1.29 is 4.92 Å². The van der Waals surface area contributed by atoms with E-state index in [0.717, 1.165) is 5.39 Å². The second kappa shape index (κ2) is 3.81. The highest BCUT2D eigenvalue weighted by molar-refractivity contribution is 5.96. The fourth-order valence-electron chi connectivity index (χ4n) is 1.80. The normalized spacial score (nSPS) is 10.4. The van der Waals surface area contributed by atoms with Crippen LogP contribution in [0.1, 0.15) is 0 Å². The van der Waals surface area contributed by atoms with E-state index in [1.807, 2.05) is 24.3 Å². The maximum absolute atomic E-state index is 11.1. The lowest BCUT2D eigenvalue weighted by Gasteiger charge is -2.13. The Morgan fingerprint density at radius 3 is 2.44 bits per heavy atom. The minimum absolute atomic E-state index is 0.170. The average molecular weight is 216 g/mol. The van der Waals surface area contributed by atoms with Crippen LogP contribution in [0.15, 0.2) is 36.4 Å². The summed E-state index contributed by atoms with van der Waals surface area (Å²) < 4.78 is 0. The van der Waals surface area contributed by atoms with Crippen molar-refractivity contribution >= 4 is 22.1 Å². The molecule has 0 heterocycles. The zero-order chi connectivity index (χ0) is 11.7. The van der Waals surface area contributed by atoms with Gasteiger partial charge in [0, 0.05) is 14.1 Å². The number of nitrogens with zero attached hydrogens (tertiary/aromatic N) is 2. The van der Waals surface area contributed by atoms with Crippen LogP contribution in [-0.4, -0.2) is 19.0 Å². The summed E-state index contributed by atoms with van der Waals surface area (Å²) in [7, 11) is 3.61. The van der Waals surface area contributed by atoms with Crippen LogP contribution in [0.5, 0.6) is 0 Å². The second-order valence-corrected chi connectivity index (χ2v) is 3.81. The Hall–Kier alpha value is -2.10. The molecule has 0 aliphatic carbocycles. The second-order valence-electron chi connectivity index (χ2n) is 3.81. The zero-order valence-electron chi connectivity index (χ0n) is 9.18. The molecule has 82 valence electrons. The molecule has 0 spiro atoms. The molecule has 0 unspecified atom stereocenters. The van der Waals surface area contributed by atoms with Crippen LogP contribution in [0.3, 0.4) is 0 Å². The Balaban J connectivity index is 2.84. The minimum Gasteiger partial charge on any atom is -0.372 e. The molecule has 0 N–H and O–H groups in total. The Morgan fingerprint density at radius 2 is 1.81 bits per heavy atom. The van der Waals surface area contributed by atoms with Gasteiger partial charge in [-0.3, -0.25) is 10.1 Å². The molecule has 0 saturated carbocycles. The molecule has 0 bridgehead atoms. The Bertz CT molecular complexity index is 550. The van der Waals surface area contributed by atoms with Crippen molar-refractivity contribution in [3.05, 3.63) is 46.5 Å². The molecular formula is C12H12N2O2. The lowest BCUT2D eigenvalue weighted by Crippen LogP contribution is -2.11. The summed E-state index contributed by atoms with van der Waals surface area (Å²) in [5, 5.41) is 12.7. The van der Waals surface area contributed by atoms with E-state index in [2.05, 4.69) is 0 Å². The molecule has 0 aliphatic heterocycles. The number of hydrogen-bond donors (Lipinski definition) is 0. The standard InChI is InChI=1S/C12H12N2O2/c1-13(2)11-8-7-9-5-3-4-6-10(9)12(11)14(15)16/h3-8H,1-2H3. The summed E-state index contributed by atoms with van der Waals surface area (Å²) in [5.74, 6) is 0. The van der Waals surface area contributed by atoms with Gasteiger partial charge in [-0.25, -0.2) is 0 Å². The first kappa shape index (κ1) is 10.4. The van der Waals surface area contributed by atoms with Crippen molar-refractivity contribution in [2.24, 2.45) is 0 Å². The monoisotopic (exact) mass is 216 g/mol. The highest BCUT2D eigenvalue weighted by atomic mass is 16.6. The van der Waals surface area contributed by atoms with E-state index in [9.17, 15) is 10.1 Å². The maximum Gasteiger partial charge on any atom is 0.300 e. The molecule has 16 heavy (non-hydrogen) atoms. The first-order valence-electron chi connectivity index (χ1n) is 4.94. The van der Waals surface area contributed by atoms with Gasteiger partial charge in [-0.15, -0.1) is 0 Å². The van der Waals surface area contributed by atoms with Gasteiger partial charge in [0.1, 0.15) is 5.69 Å². The van der Waals surface area contributed by atoms with Gasteiger partial charge < -0.3 is 4.90 Å². The summed E-state index contributed by atoms with van der Waals surface area (Å²) in [6.45, 7) is 0. The predicted molar refractivity (Wildman–Crippen MR) is 64.9 cm³/mol.